The molecule has 0 saturated heterocycles. The normalized spacial score (nSPS) is 12.4. The first-order chi connectivity index (χ1) is 17.6. The van der Waals surface area contributed by atoms with Gasteiger partial charge in [0.2, 0.25) is 5.91 Å². The van der Waals surface area contributed by atoms with Gasteiger partial charge in [-0.1, -0.05) is 41.6 Å². The molecule has 10 nitrogen and oxygen atoms in total. The lowest BCUT2D eigenvalue weighted by atomic mass is 10.0. The Balaban J connectivity index is 1.91. The van der Waals surface area contributed by atoms with Gasteiger partial charge in [-0.25, -0.2) is 4.79 Å². The van der Waals surface area contributed by atoms with Crippen molar-refractivity contribution < 1.29 is 29.4 Å². The number of nitrogens with zero attached hydrogens (tertiary/aromatic N) is 1. The van der Waals surface area contributed by atoms with Crippen LogP contribution in [-0.4, -0.2) is 40.7 Å². The molecule has 0 bridgehead atoms. The number of nitrogens with two attached hydrogens (primary N) is 1. The average molecular weight is 507 g/mol. The fourth-order valence-electron chi connectivity index (χ4n) is 3.41. The molecule has 0 aliphatic heterocycles. The number of methoxy groups -OCH3 is 1. The van der Waals surface area contributed by atoms with Crippen molar-refractivity contribution in [2.45, 2.75) is 32.0 Å². The summed E-state index contributed by atoms with van der Waals surface area (Å²) in [7, 11) is 1.50. The van der Waals surface area contributed by atoms with E-state index in [-0.39, 0.29) is 5.84 Å². The first kappa shape index (κ1) is 26.9. The van der Waals surface area contributed by atoms with E-state index in [0.29, 0.717) is 34.9 Å². The van der Waals surface area contributed by atoms with E-state index in [2.05, 4.69) is 15.8 Å². The Kier molecular flexibility index (Phi) is 8.57. The molecule has 10 heteroatoms. The van der Waals surface area contributed by atoms with Crippen LogP contribution < -0.4 is 25.8 Å². The number of carbonyl (C=O) groups excluding carboxylic acids is 1. The van der Waals surface area contributed by atoms with Gasteiger partial charge in [0.15, 0.2) is 17.3 Å². The molecular formula is C27H30N4O6. The monoisotopic (exact) mass is 506 g/mol. The number of carboxylic acids is 1. The van der Waals surface area contributed by atoms with E-state index >= 15 is 0 Å². The summed E-state index contributed by atoms with van der Waals surface area (Å²) in [5, 5.41) is 27.0. The molecular weight excluding hydrogens is 476 g/mol. The molecule has 37 heavy (non-hydrogen) atoms. The number of rotatable bonds is 11. The maximum atomic E-state index is 13.3. The van der Waals surface area contributed by atoms with E-state index in [1.54, 1.807) is 42.5 Å². The van der Waals surface area contributed by atoms with Gasteiger partial charge in [0.05, 0.1) is 7.11 Å². The van der Waals surface area contributed by atoms with E-state index in [0.717, 1.165) is 5.56 Å². The van der Waals surface area contributed by atoms with E-state index in [9.17, 15) is 14.7 Å². The molecule has 0 aliphatic rings. The molecule has 3 rings (SSSR count). The molecule has 0 spiro atoms. The second-order valence-corrected chi connectivity index (χ2v) is 8.74. The maximum Gasteiger partial charge on any atom is 0.328 e. The molecule has 0 saturated carbocycles. The molecule has 1 unspecified atom stereocenters. The highest BCUT2D eigenvalue weighted by atomic mass is 16.5. The van der Waals surface area contributed by atoms with Crippen LogP contribution >= 0.6 is 0 Å². The van der Waals surface area contributed by atoms with Gasteiger partial charge in [-0.3, -0.25) is 4.79 Å². The van der Waals surface area contributed by atoms with Crippen molar-refractivity contribution in [1.29, 1.82) is 0 Å². The summed E-state index contributed by atoms with van der Waals surface area (Å²) in [6.07, 6.45) is 0. The van der Waals surface area contributed by atoms with Gasteiger partial charge in [0.25, 0.3) is 0 Å². The number of carboxylic acid groups (broad SMARTS) is 1. The SMILES string of the molecule is COc1cc(C(Nc2ccc(/C(N)=N/O)cc2)C(=O)NC(C)(C)C(=O)O)ccc1OCc1ccccc1. The second-order valence-electron chi connectivity index (χ2n) is 8.74. The van der Waals surface area contributed by atoms with Crippen molar-refractivity contribution in [3.05, 3.63) is 89.5 Å². The Morgan fingerprint density at radius 3 is 2.30 bits per heavy atom. The second kappa shape index (κ2) is 11.8. The van der Waals surface area contributed by atoms with Crippen molar-refractivity contribution in [3.63, 3.8) is 0 Å². The summed E-state index contributed by atoms with van der Waals surface area (Å²) in [6.45, 7) is 3.13. The van der Waals surface area contributed by atoms with Gasteiger partial charge < -0.3 is 36.2 Å². The summed E-state index contributed by atoms with van der Waals surface area (Å²) in [4.78, 5) is 24.9. The molecule has 6 N–H and O–H groups in total. The average Bonchev–Trinajstić information content (AvgIpc) is 2.90. The Hall–Kier alpha value is -4.73. The molecule has 3 aromatic rings. The number of amides is 1. The zero-order valence-corrected chi connectivity index (χ0v) is 20.8. The molecule has 0 radical (unpaired) electrons. The highest BCUT2D eigenvalue weighted by molar-refractivity contribution is 5.97. The third-order valence-corrected chi connectivity index (χ3v) is 5.59. The third-order valence-electron chi connectivity index (χ3n) is 5.59. The van der Waals surface area contributed by atoms with E-state index in [1.165, 1.54) is 21.0 Å². The largest absolute Gasteiger partial charge is 0.493 e. The summed E-state index contributed by atoms with van der Waals surface area (Å²) < 4.78 is 11.4. The molecule has 1 amide bonds. The van der Waals surface area contributed by atoms with Crippen molar-refractivity contribution in [3.8, 4) is 11.5 Å². The predicted molar refractivity (Wildman–Crippen MR) is 139 cm³/mol. The first-order valence-corrected chi connectivity index (χ1v) is 11.4. The van der Waals surface area contributed by atoms with Gasteiger partial charge in [-0.15, -0.1) is 0 Å². The topological polar surface area (TPSA) is 155 Å². The molecule has 3 aromatic carbocycles. The van der Waals surface area contributed by atoms with Crippen molar-refractivity contribution in [1.82, 2.24) is 5.32 Å². The van der Waals surface area contributed by atoms with Gasteiger partial charge >= 0.3 is 5.97 Å². The summed E-state index contributed by atoms with van der Waals surface area (Å²) in [5.41, 5.74) is 6.66. The van der Waals surface area contributed by atoms with Gasteiger partial charge in [0.1, 0.15) is 18.2 Å². The lowest BCUT2D eigenvalue weighted by Crippen LogP contribution is -2.52. The summed E-state index contributed by atoms with van der Waals surface area (Å²) in [6, 6.07) is 20.3. The minimum Gasteiger partial charge on any atom is -0.493 e. The number of oxime groups is 1. The van der Waals surface area contributed by atoms with Crippen LogP contribution in [-0.2, 0) is 16.2 Å². The Bertz CT molecular complexity index is 1260. The van der Waals surface area contributed by atoms with E-state index in [4.69, 9.17) is 20.4 Å². The molecule has 0 heterocycles. The zero-order chi connectivity index (χ0) is 27.0. The van der Waals surface area contributed by atoms with Crippen LogP contribution in [0, 0.1) is 0 Å². The van der Waals surface area contributed by atoms with Crippen LogP contribution in [0.3, 0.4) is 0 Å². The molecule has 0 fully saturated rings. The minimum absolute atomic E-state index is 0.0557. The van der Waals surface area contributed by atoms with Crippen LogP contribution in [0.2, 0.25) is 0 Å². The summed E-state index contributed by atoms with van der Waals surface area (Å²) >= 11 is 0. The van der Waals surface area contributed by atoms with Crippen molar-refractivity contribution in [2.24, 2.45) is 10.9 Å². The fraction of sp³-hybridized carbons (Fsp3) is 0.222. The lowest BCUT2D eigenvalue weighted by Gasteiger charge is -2.27. The highest BCUT2D eigenvalue weighted by Crippen LogP contribution is 2.32. The summed E-state index contributed by atoms with van der Waals surface area (Å²) in [5.74, 6) is -0.895. The number of ether oxygens (including phenoxy) is 2. The van der Waals surface area contributed by atoms with E-state index in [1.807, 2.05) is 30.3 Å². The molecule has 0 aromatic heterocycles. The Morgan fingerprint density at radius 2 is 1.70 bits per heavy atom. The van der Waals surface area contributed by atoms with Gasteiger partial charge in [-0.2, -0.15) is 0 Å². The number of carbonyl (C=O) groups is 2. The van der Waals surface area contributed by atoms with Crippen LogP contribution in [0.4, 0.5) is 5.69 Å². The number of aliphatic carboxylic acids is 1. The number of amidine groups is 1. The maximum absolute atomic E-state index is 13.3. The number of nitrogens with one attached hydrogen (secondary N) is 2. The standard InChI is InChI=1S/C27H30N4O6/c1-27(2,26(33)34)30-25(32)23(29-20-12-9-18(10-13-20)24(28)31-35)19-11-14-21(22(15-19)36-3)37-16-17-7-5-4-6-8-17/h4-15,23,29,35H,16H2,1-3H3,(H2,28,31)(H,30,32)(H,33,34). The third kappa shape index (κ3) is 6.91. The number of anilines is 1. The van der Waals surface area contributed by atoms with Gasteiger partial charge in [0, 0.05) is 11.3 Å². The lowest BCUT2D eigenvalue weighted by molar-refractivity contribution is -0.146. The van der Waals surface area contributed by atoms with Gasteiger partial charge in [-0.05, 0) is 61.4 Å². The number of benzene rings is 3. The molecule has 194 valence electrons. The van der Waals surface area contributed by atoms with Crippen LogP contribution in [0.15, 0.2) is 78.0 Å². The minimum atomic E-state index is -1.50. The zero-order valence-electron chi connectivity index (χ0n) is 20.8. The van der Waals surface area contributed by atoms with Crippen LogP contribution in [0.25, 0.3) is 0 Å². The highest BCUT2D eigenvalue weighted by Gasteiger charge is 2.33. The van der Waals surface area contributed by atoms with Crippen LogP contribution in [0.1, 0.15) is 36.6 Å². The van der Waals surface area contributed by atoms with E-state index < -0.39 is 23.5 Å². The smallest absolute Gasteiger partial charge is 0.328 e. The molecule has 0 aliphatic carbocycles. The number of hydrogen-bond acceptors (Lipinski definition) is 7. The first-order valence-electron chi connectivity index (χ1n) is 11.4. The van der Waals surface area contributed by atoms with Crippen LogP contribution in [0.5, 0.6) is 11.5 Å². The van der Waals surface area contributed by atoms with Crippen molar-refractivity contribution in [2.75, 3.05) is 12.4 Å². The number of hydrogen-bond donors (Lipinski definition) is 5. The van der Waals surface area contributed by atoms with Crippen molar-refractivity contribution >= 4 is 23.4 Å². The predicted octanol–water partition coefficient (Wildman–Crippen LogP) is 3.50. The fourth-order valence-corrected chi connectivity index (χ4v) is 3.41. The molecule has 1 atom stereocenters. The quantitative estimate of drug-likeness (QED) is 0.115. The Labute approximate surface area is 214 Å². The Morgan fingerprint density at radius 1 is 1.03 bits per heavy atom.